The van der Waals surface area contributed by atoms with E-state index in [1.807, 2.05) is 0 Å². The number of thiazole rings is 1. The summed E-state index contributed by atoms with van der Waals surface area (Å²) in [5.74, 6) is -0.549. The molecule has 3 rings (SSSR count). The highest BCUT2D eigenvalue weighted by Gasteiger charge is 2.14. The molecule has 1 amide bonds. The minimum absolute atomic E-state index is 0.0492. The number of pyridine rings is 1. The molecule has 0 bridgehead atoms. The van der Waals surface area contributed by atoms with E-state index in [1.165, 1.54) is 23.6 Å². The van der Waals surface area contributed by atoms with E-state index in [0.717, 1.165) is 10.3 Å². The van der Waals surface area contributed by atoms with Crippen LogP contribution in [0.1, 0.15) is 15.9 Å². The topological polar surface area (TPSA) is 73.2 Å². The van der Waals surface area contributed by atoms with Crippen LogP contribution in [-0.4, -0.2) is 15.6 Å². The van der Waals surface area contributed by atoms with Crippen LogP contribution in [0.2, 0.25) is 10.0 Å². The van der Waals surface area contributed by atoms with Crippen molar-refractivity contribution < 1.29 is 9.63 Å². The van der Waals surface area contributed by atoms with Crippen LogP contribution in [0.4, 0.5) is 5.13 Å². The molecule has 128 valence electrons. The lowest BCUT2D eigenvalue weighted by Gasteiger charge is -2.10. The van der Waals surface area contributed by atoms with E-state index in [-0.39, 0.29) is 12.2 Å². The Bertz CT molecular complexity index is 958. The molecule has 0 radical (unpaired) electrons. The summed E-state index contributed by atoms with van der Waals surface area (Å²) in [7, 11) is 0. The summed E-state index contributed by atoms with van der Waals surface area (Å²) in [6, 6.07) is 7.99. The fourth-order valence-corrected chi connectivity index (χ4v) is 2.82. The largest absolute Gasteiger partial charge is 0.406 e. The number of aromatic nitrogens is 2. The highest BCUT2D eigenvalue weighted by Crippen LogP contribution is 2.22. The maximum Gasteiger partial charge on any atom is 0.295 e. The predicted octanol–water partition coefficient (Wildman–Crippen LogP) is 3.49. The van der Waals surface area contributed by atoms with Gasteiger partial charge in [0.15, 0.2) is 5.13 Å². The summed E-state index contributed by atoms with van der Waals surface area (Å²) in [5.41, 5.74) is 0.113. The van der Waals surface area contributed by atoms with Gasteiger partial charge in [-0.1, -0.05) is 29.3 Å². The first-order valence-corrected chi connectivity index (χ1v) is 8.68. The summed E-state index contributed by atoms with van der Waals surface area (Å²) >= 11 is 13.1. The Balaban J connectivity index is 1.75. The van der Waals surface area contributed by atoms with E-state index in [4.69, 9.17) is 28.0 Å². The second-order valence-electron chi connectivity index (χ2n) is 4.87. The Morgan fingerprint density at radius 3 is 2.84 bits per heavy atom. The fourth-order valence-electron chi connectivity index (χ4n) is 1.97. The molecule has 0 saturated heterocycles. The molecule has 3 aromatic rings. The monoisotopic (exact) mass is 395 g/mol. The van der Waals surface area contributed by atoms with E-state index < -0.39 is 11.5 Å². The molecule has 2 aromatic heterocycles. The Kier molecular flexibility index (Phi) is 5.37. The number of rotatable bonds is 5. The first-order valence-electron chi connectivity index (χ1n) is 7.04. The van der Waals surface area contributed by atoms with Gasteiger partial charge >= 0.3 is 0 Å². The zero-order valence-electron chi connectivity index (χ0n) is 12.6. The number of nitrogens with zero attached hydrogens (tertiary/aromatic N) is 2. The van der Waals surface area contributed by atoms with Crippen molar-refractivity contribution in [2.75, 3.05) is 5.32 Å². The van der Waals surface area contributed by atoms with Crippen LogP contribution in [0.3, 0.4) is 0 Å². The second kappa shape index (κ2) is 7.69. The molecule has 2 heterocycles. The number of hydrogen-bond acceptors (Lipinski definition) is 5. The zero-order valence-corrected chi connectivity index (χ0v) is 14.9. The van der Waals surface area contributed by atoms with Gasteiger partial charge in [0.05, 0.1) is 10.0 Å². The Hall–Kier alpha value is -2.35. The minimum atomic E-state index is -0.573. The molecule has 1 N–H and O–H groups in total. The van der Waals surface area contributed by atoms with Gasteiger partial charge in [0, 0.05) is 17.8 Å². The van der Waals surface area contributed by atoms with Gasteiger partial charge in [-0.25, -0.2) is 4.98 Å². The van der Waals surface area contributed by atoms with Gasteiger partial charge in [-0.2, -0.15) is 4.73 Å². The highest BCUT2D eigenvalue weighted by atomic mass is 35.5. The smallest absolute Gasteiger partial charge is 0.295 e. The average molecular weight is 396 g/mol. The van der Waals surface area contributed by atoms with Crippen LogP contribution in [0, 0.1) is 0 Å². The van der Waals surface area contributed by atoms with Crippen molar-refractivity contribution in [1.29, 1.82) is 0 Å². The van der Waals surface area contributed by atoms with E-state index >= 15 is 0 Å². The molecule has 25 heavy (non-hydrogen) atoms. The summed E-state index contributed by atoms with van der Waals surface area (Å²) in [6.45, 7) is 0.0916. The lowest BCUT2D eigenvalue weighted by Crippen LogP contribution is -2.32. The molecule has 9 heteroatoms. The molecular weight excluding hydrogens is 385 g/mol. The second-order valence-corrected chi connectivity index (χ2v) is 6.58. The Morgan fingerprint density at radius 2 is 2.12 bits per heavy atom. The van der Waals surface area contributed by atoms with Crippen molar-refractivity contribution in [2.45, 2.75) is 6.61 Å². The van der Waals surface area contributed by atoms with Gasteiger partial charge in [-0.3, -0.25) is 14.9 Å². The van der Waals surface area contributed by atoms with Crippen LogP contribution in [-0.2, 0) is 6.61 Å². The maximum absolute atomic E-state index is 12.4. The van der Waals surface area contributed by atoms with E-state index in [9.17, 15) is 9.59 Å². The number of amides is 1. The molecule has 0 fully saturated rings. The van der Waals surface area contributed by atoms with Crippen molar-refractivity contribution in [3.05, 3.63) is 79.6 Å². The van der Waals surface area contributed by atoms with E-state index in [2.05, 4.69) is 10.3 Å². The molecule has 0 aliphatic rings. The first-order chi connectivity index (χ1) is 12.0. The summed E-state index contributed by atoms with van der Waals surface area (Å²) in [5, 5.41) is 5.52. The minimum Gasteiger partial charge on any atom is -0.406 e. The summed E-state index contributed by atoms with van der Waals surface area (Å²) in [4.78, 5) is 34.0. The van der Waals surface area contributed by atoms with Gasteiger partial charge in [0.25, 0.3) is 11.5 Å². The number of carbonyl (C=O) groups is 1. The quantitative estimate of drug-likeness (QED) is 0.717. The molecule has 0 saturated carbocycles. The van der Waals surface area contributed by atoms with Gasteiger partial charge in [0.1, 0.15) is 12.2 Å². The van der Waals surface area contributed by atoms with Crippen LogP contribution in [0.25, 0.3) is 0 Å². The summed E-state index contributed by atoms with van der Waals surface area (Å²) < 4.78 is 0.999. The number of halogens is 2. The van der Waals surface area contributed by atoms with E-state index in [1.54, 1.807) is 35.8 Å². The van der Waals surface area contributed by atoms with Crippen molar-refractivity contribution >= 4 is 45.6 Å². The van der Waals surface area contributed by atoms with Crippen molar-refractivity contribution in [2.24, 2.45) is 0 Å². The fraction of sp³-hybridized carbons (Fsp3) is 0.0625. The predicted molar refractivity (Wildman–Crippen MR) is 97.5 cm³/mol. The van der Waals surface area contributed by atoms with Gasteiger partial charge in [-0.15, -0.1) is 11.3 Å². The SMILES string of the molecule is O=C(Nc1nccs1)c1cccn(OCc2ccc(Cl)c(Cl)c2)c1=O. The molecular formula is C16H11Cl2N3O3S. The Labute approximate surface area is 156 Å². The van der Waals surface area contributed by atoms with Gasteiger partial charge < -0.3 is 4.84 Å². The standard InChI is InChI=1S/C16H11Cl2N3O3S/c17-12-4-3-10(8-13(12)18)9-24-21-6-1-2-11(15(21)23)14(22)20-16-19-5-7-25-16/h1-8H,9H2,(H,19,20,22). The maximum atomic E-state index is 12.4. The molecule has 0 unspecified atom stereocenters. The van der Waals surface area contributed by atoms with Crippen LogP contribution in [0.5, 0.6) is 0 Å². The third-order valence-corrected chi connectivity index (χ3v) is 4.59. The highest BCUT2D eigenvalue weighted by molar-refractivity contribution is 7.13. The first kappa shape index (κ1) is 17.5. The number of anilines is 1. The molecule has 6 nitrogen and oxygen atoms in total. The lowest BCUT2D eigenvalue weighted by atomic mass is 10.2. The third kappa shape index (κ3) is 4.19. The number of benzene rings is 1. The molecule has 0 atom stereocenters. The summed E-state index contributed by atoms with van der Waals surface area (Å²) in [6.07, 6.45) is 2.99. The molecule has 0 aliphatic heterocycles. The lowest BCUT2D eigenvalue weighted by molar-refractivity contribution is 0.0863. The number of carbonyl (C=O) groups excluding carboxylic acids is 1. The molecule has 1 aromatic carbocycles. The average Bonchev–Trinajstić information content (AvgIpc) is 3.10. The van der Waals surface area contributed by atoms with E-state index in [0.29, 0.717) is 15.2 Å². The van der Waals surface area contributed by atoms with Crippen LogP contribution in [0.15, 0.2) is 52.9 Å². The zero-order chi connectivity index (χ0) is 17.8. The van der Waals surface area contributed by atoms with Gasteiger partial charge in [-0.05, 0) is 29.8 Å². The van der Waals surface area contributed by atoms with Crippen LogP contribution < -0.4 is 15.7 Å². The number of hydrogen-bond donors (Lipinski definition) is 1. The van der Waals surface area contributed by atoms with Gasteiger partial charge in [0.2, 0.25) is 0 Å². The Morgan fingerprint density at radius 1 is 1.28 bits per heavy atom. The van der Waals surface area contributed by atoms with Crippen LogP contribution >= 0.6 is 34.5 Å². The third-order valence-electron chi connectivity index (χ3n) is 3.17. The molecule has 0 spiro atoms. The van der Waals surface area contributed by atoms with Crippen molar-refractivity contribution in [3.8, 4) is 0 Å². The van der Waals surface area contributed by atoms with Crippen molar-refractivity contribution in [3.63, 3.8) is 0 Å². The molecule has 0 aliphatic carbocycles. The number of nitrogens with one attached hydrogen (secondary N) is 1. The van der Waals surface area contributed by atoms with Crippen molar-refractivity contribution in [1.82, 2.24) is 9.71 Å². The normalized spacial score (nSPS) is 10.5.